The first-order valence-electron chi connectivity index (χ1n) is 10.5. The van der Waals surface area contributed by atoms with Crippen molar-refractivity contribution in [1.29, 1.82) is 0 Å². The molecule has 184 valence electrons. The van der Waals surface area contributed by atoms with Crippen molar-refractivity contribution in [3.63, 3.8) is 0 Å². The van der Waals surface area contributed by atoms with Crippen molar-refractivity contribution in [2.45, 2.75) is 12.8 Å². The number of rotatable bonds is 7. The molecule has 0 atom stereocenters. The van der Waals surface area contributed by atoms with E-state index in [0.29, 0.717) is 17.1 Å². The Kier molecular flexibility index (Phi) is 7.50. The average molecular weight is 515 g/mol. The highest BCUT2D eigenvalue weighted by molar-refractivity contribution is 6.31. The van der Waals surface area contributed by atoms with Crippen LogP contribution in [0.2, 0.25) is 5.15 Å². The number of halogens is 4. The fraction of sp³-hybridized carbons (Fsp3) is 0.0833. The lowest BCUT2D eigenvalue weighted by atomic mass is 10.2. The normalized spacial score (nSPS) is 11.0. The minimum Gasteiger partial charge on any atom is -0.444 e. The van der Waals surface area contributed by atoms with Gasteiger partial charge in [-0.3, -0.25) is 5.32 Å². The van der Waals surface area contributed by atoms with Crippen LogP contribution in [0.3, 0.4) is 0 Å². The average Bonchev–Trinajstić information content (AvgIpc) is 2.86. The Balaban J connectivity index is 1.44. The third-order valence-corrected chi connectivity index (χ3v) is 5.00. The maximum Gasteiger partial charge on any atom is 0.416 e. The van der Waals surface area contributed by atoms with E-state index >= 15 is 0 Å². The topological polar surface area (TPSA) is 101 Å². The molecule has 1 aromatic heterocycles. The van der Waals surface area contributed by atoms with Gasteiger partial charge < -0.3 is 15.4 Å². The van der Waals surface area contributed by atoms with Gasteiger partial charge in [0.25, 0.3) is 0 Å². The number of benzene rings is 3. The molecule has 0 radical (unpaired) electrons. The smallest absolute Gasteiger partial charge is 0.416 e. The van der Waals surface area contributed by atoms with Gasteiger partial charge in [0.15, 0.2) is 11.0 Å². The van der Waals surface area contributed by atoms with Crippen molar-refractivity contribution >= 4 is 46.5 Å². The summed E-state index contributed by atoms with van der Waals surface area (Å²) in [6.07, 6.45) is -5.10. The molecule has 0 bridgehead atoms. The lowest BCUT2D eigenvalue weighted by Gasteiger charge is -2.13. The van der Waals surface area contributed by atoms with E-state index in [2.05, 4.69) is 31.1 Å². The van der Waals surface area contributed by atoms with E-state index in [1.165, 1.54) is 12.1 Å². The zero-order chi connectivity index (χ0) is 25.5. The summed E-state index contributed by atoms with van der Waals surface area (Å²) in [4.78, 5) is 16.5. The summed E-state index contributed by atoms with van der Waals surface area (Å²) in [5, 5.41) is 16.0. The molecule has 1 amide bonds. The Bertz CT molecular complexity index is 1340. The predicted octanol–water partition coefficient (Wildman–Crippen LogP) is 6.78. The maximum absolute atomic E-state index is 12.8. The number of carbonyl (C=O) groups is 1. The van der Waals surface area contributed by atoms with Crippen molar-refractivity contribution < 1.29 is 22.7 Å². The number of hydrogen-bond acceptors (Lipinski definition) is 7. The molecule has 0 fully saturated rings. The van der Waals surface area contributed by atoms with Gasteiger partial charge in [-0.15, -0.1) is 10.2 Å². The second-order valence-electron chi connectivity index (χ2n) is 7.33. The summed E-state index contributed by atoms with van der Waals surface area (Å²) in [6, 6.07) is 20.4. The summed E-state index contributed by atoms with van der Waals surface area (Å²) < 4.78 is 43.6. The molecule has 0 saturated carbocycles. The highest BCUT2D eigenvalue weighted by Crippen LogP contribution is 2.31. The lowest BCUT2D eigenvalue weighted by Crippen LogP contribution is -2.15. The Morgan fingerprint density at radius 1 is 0.861 bits per heavy atom. The molecule has 0 saturated heterocycles. The number of anilines is 5. The molecule has 0 aliphatic heterocycles. The molecule has 4 rings (SSSR count). The fourth-order valence-corrected chi connectivity index (χ4v) is 3.14. The number of para-hydroxylation sites is 2. The highest BCUT2D eigenvalue weighted by Gasteiger charge is 2.30. The third-order valence-electron chi connectivity index (χ3n) is 4.74. The van der Waals surface area contributed by atoms with Crippen LogP contribution in [0.15, 0.2) is 78.9 Å². The first-order valence-corrected chi connectivity index (χ1v) is 10.8. The number of nitrogens with one attached hydrogen (secondary N) is 3. The monoisotopic (exact) mass is 514 g/mol. The van der Waals surface area contributed by atoms with Gasteiger partial charge in [0.1, 0.15) is 6.61 Å². The van der Waals surface area contributed by atoms with E-state index in [-0.39, 0.29) is 23.5 Å². The van der Waals surface area contributed by atoms with Crippen molar-refractivity contribution in [3.8, 4) is 0 Å². The van der Waals surface area contributed by atoms with E-state index < -0.39 is 17.8 Å². The molecule has 3 aromatic carbocycles. The molecule has 0 aliphatic rings. The third kappa shape index (κ3) is 6.60. The number of alkyl halides is 3. The van der Waals surface area contributed by atoms with Gasteiger partial charge in [0.2, 0.25) is 5.95 Å². The number of ether oxygens (including phenoxy) is 1. The zero-order valence-electron chi connectivity index (χ0n) is 18.4. The minimum atomic E-state index is -4.45. The van der Waals surface area contributed by atoms with E-state index in [0.717, 1.165) is 17.7 Å². The van der Waals surface area contributed by atoms with Crippen LogP contribution >= 0.6 is 11.6 Å². The largest absolute Gasteiger partial charge is 0.444 e. The SMILES string of the molecule is O=C(Nc1ccccc1Nc1nnc(Cl)c(Nc2ccc(C(F)(F)F)cc2)n1)OCc1ccccc1. The van der Waals surface area contributed by atoms with Crippen LogP contribution in [0.25, 0.3) is 0 Å². The molecule has 0 unspecified atom stereocenters. The quantitative estimate of drug-likeness (QED) is 0.250. The summed E-state index contributed by atoms with van der Waals surface area (Å²) in [5.41, 5.74) is 1.21. The van der Waals surface area contributed by atoms with Crippen LogP contribution in [0, 0.1) is 0 Å². The molecule has 8 nitrogen and oxygen atoms in total. The maximum atomic E-state index is 12.8. The number of nitrogens with zero attached hydrogens (tertiary/aromatic N) is 3. The van der Waals surface area contributed by atoms with Gasteiger partial charge in [0, 0.05) is 5.69 Å². The van der Waals surface area contributed by atoms with Crippen LogP contribution in [-0.4, -0.2) is 21.3 Å². The standard InChI is InChI=1S/C24H18ClF3N6O2/c25-20-21(29-17-12-10-16(11-13-17)24(26,27)28)32-22(34-33-20)30-18-8-4-5-9-19(18)31-23(35)36-14-15-6-2-1-3-7-15/h1-13H,14H2,(H,31,35)(H2,29,30,32,34). The van der Waals surface area contributed by atoms with Gasteiger partial charge in [-0.05, 0) is 42.0 Å². The molecule has 0 aliphatic carbocycles. The van der Waals surface area contributed by atoms with E-state index in [9.17, 15) is 18.0 Å². The van der Waals surface area contributed by atoms with Crippen LogP contribution in [0.1, 0.15) is 11.1 Å². The van der Waals surface area contributed by atoms with Crippen LogP contribution < -0.4 is 16.0 Å². The Hall–Kier alpha value is -4.38. The molecule has 12 heteroatoms. The fourth-order valence-electron chi connectivity index (χ4n) is 3.02. The molecular weight excluding hydrogens is 497 g/mol. The lowest BCUT2D eigenvalue weighted by molar-refractivity contribution is -0.137. The molecular formula is C24H18ClF3N6O2. The Morgan fingerprint density at radius 3 is 2.22 bits per heavy atom. The van der Waals surface area contributed by atoms with Gasteiger partial charge in [0.05, 0.1) is 16.9 Å². The van der Waals surface area contributed by atoms with Crippen molar-refractivity contribution in [2.24, 2.45) is 0 Å². The summed E-state index contributed by atoms with van der Waals surface area (Å²) in [6.45, 7) is 0.103. The zero-order valence-corrected chi connectivity index (χ0v) is 19.1. The number of amides is 1. The molecule has 36 heavy (non-hydrogen) atoms. The van der Waals surface area contributed by atoms with Gasteiger partial charge in [-0.25, -0.2) is 4.79 Å². The molecule has 4 aromatic rings. The summed E-state index contributed by atoms with van der Waals surface area (Å²) in [7, 11) is 0. The summed E-state index contributed by atoms with van der Waals surface area (Å²) >= 11 is 6.06. The first kappa shape index (κ1) is 24.7. The van der Waals surface area contributed by atoms with Crippen molar-refractivity contribution in [2.75, 3.05) is 16.0 Å². The van der Waals surface area contributed by atoms with E-state index in [1.807, 2.05) is 30.3 Å². The highest BCUT2D eigenvalue weighted by atomic mass is 35.5. The number of hydrogen-bond donors (Lipinski definition) is 3. The van der Waals surface area contributed by atoms with E-state index in [4.69, 9.17) is 16.3 Å². The van der Waals surface area contributed by atoms with Gasteiger partial charge >= 0.3 is 12.3 Å². The Labute approximate surface area is 208 Å². The van der Waals surface area contributed by atoms with Crippen molar-refractivity contribution in [3.05, 3.63) is 95.1 Å². The van der Waals surface area contributed by atoms with E-state index in [1.54, 1.807) is 24.3 Å². The van der Waals surface area contributed by atoms with Crippen LogP contribution in [0.4, 0.5) is 46.8 Å². The minimum absolute atomic E-state index is 0.0284. The van der Waals surface area contributed by atoms with Crippen molar-refractivity contribution in [1.82, 2.24) is 15.2 Å². The number of aromatic nitrogens is 3. The predicted molar refractivity (Wildman–Crippen MR) is 130 cm³/mol. The molecule has 0 spiro atoms. The second kappa shape index (κ2) is 10.9. The Morgan fingerprint density at radius 2 is 1.53 bits per heavy atom. The second-order valence-corrected chi connectivity index (χ2v) is 7.69. The van der Waals surface area contributed by atoms with Gasteiger partial charge in [-0.1, -0.05) is 54.1 Å². The van der Waals surface area contributed by atoms with Crippen LogP contribution in [0.5, 0.6) is 0 Å². The van der Waals surface area contributed by atoms with Crippen LogP contribution in [-0.2, 0) is 17.5 Å². The molecule has 1 heterocycles. The molecule has 3 N–H and O–H groups in total. The van der Waals surface area contributed by atoms with Gasteiger partial charge in [-0.2, -0.15) is 18.2 Å². The summed E-state index contributed by atoms with van der Waals surface area (Å²) in [5.74, 6) is 0.0994. The first-order chi connectivity index (χ1) is 17.3. The number of carbonyl (C=O) groups excluding carboxylic acids is 1.